The SMILES string of the molecule is CCCn1cc(S(=O)(=O)NC/C=C/CCl)nc1C. The van der Waals surface area contributed by atoms with E-state index in [4.69, 9.17) is 11.6 Å². The van der Waals surface area contributed by atoms with Gasteiger partial charge in [0.15, 0.2) is 5.03 Å². The van der Waals surface area contributed by atoms with Crippen LogP contribution in [0.1, 0.15) is 19.2 Å². The monoisotopic (exact) mass is 291 g/mol. The van der Waals surface area contributed by atoms with Crippen LogP contribution in [0.4, 0.5) is 0 Å². The first-order valence-corrected chi connectivity index (χ1v) is 7.77. The van der Waals surface area contributed by atoms with Gasteiger partial charge in [-0.3, -0.25) is 0 Å². The van der Waals surface area contributed by atoms with Gasteiger partial charge >= 0.3 is 0 Å². The van der Waals surface area contributed by atoms with Crippen LogP contribution in [-0.2, 0) is 16.6 Å². The molecule has 0 radical (unpaired) electrons. The third-order valence-corrected chi connectivity index (χ3v) is 3.81. The number of halogens is 1. The van der Waals surface area contributed by atoms with Crippen molar-refractivity contribution in [1.82, 2.24) is 14.3 Å². The summed E-state index contributed by atoms with van der Waals surface area (Å²) >= 11 is 5.45. The smallest absolute Gasteiger partial charge is 0.259 e. The lowest BCUT2D eigenvalue weighted by Gasteiger charge is -2.00. The van der Waals surface area contributed by atoms with Crippen molar-refractivity contribution in [2.75, 3.05) is 12.4 Å². The van der Waals surface area contributed by atoms with E-state index in [-0.39, 0.29) is 11.6 Å². The molecule has 0 aromatic carbocycles. The third kappa shape index (κ3) is 4.12. The summed E-state index contributed by atoms with van der Waals surface area (Å²) in [6.45, 7) is 4.81. The highest BCUT2D eigenvalue weighted by atomic mass is 35.5. The lowest BCUT2D eigenvalue weighted by atomic mass is 10.5. The summed E-state index contributed by atoms with van der Waals surface area (Å²) < 4.78 is 28.1. The molecular formula is C11H18ClN3O2S. The lowest BCUT2D eigenvalue weighted by molar-refractivity contribution is 0.582. The molecule has 7 heteroatoms. The van der Waals surface area contributed by atoms with E-state index < -0.39 is 10.0 Å². The second-order valence-corrected chi connectivity index (χ2v) is 5.82. The van der Waals surface area contributed by atoms with Crippen LogP contribution < -0.4 is 4.72 Å². The summed E-state index contributed by atoms with van der Waals surface area (Å²) in [5, 5.41) is 0.0627. The topological polar surface area (TPSA) is 64.0 Å². The molecule has 5 nitrogen and oxygen atoms in total. The molecule has 0 bridgehead atoms. The molecule has 1 N–H and O–H groups in total. The summed E-state index contributed by atoms with van der Waals surface area (Å²) in [6, 6.07) is 0. The first-order chi connectivity index (χ1) is 8.51. The van der Waals surface area contributed by atoms with Gasteiger partial charge in [-0.25, -0.2) is 18.1 Å². The molecule has 0 amide bonds. The predicted octanol–water partition coefficient (Wildman–Crippen LogP) is 1.67. The maximum absolute atomic E-state index is 11.9. The van der Waals surface area contributed by atoms with Crippen LogP contribution in [0.5, 0.6) is 0 Å². The second kappa shape index (κ2) is 6.92. The number of nitrogens with one attached hydrogen (secondary N) is 1. The Morgan fingerprint density at radius 1 is 1.50 bits per heavy atom. The van der Waals surface area contributed by atoms with E-state index in [1.165, 1.54) is 0 Å². The van der Waals surface area contributed by atoms with Crippen molar-refractivity contribution in [1.29, 1.82) is 0 Å². The summed E-state index contributed by atoms with van der Waals surface area (Å²) in [5.41, 5.74) is 0. The molecule has 0 saturated carbocycles. The average molecular weight is 292 g/mol. The molecule has 0 aliphatic carbocycles. The number of rotatable bonds is 7. The number of sulfonamides is 1. The Bertz CT molecular complexity index is 508. The molecule has 18 heavy (non-hydrogen) atoms. The van der Waals surface area contributed by atoms with Crippen LogP contribution in [0.15, 0.2) is 23.4 Å². The van der Waals surface area contributed by atoms with E-state index in [0.717, 1.165) is 13.0 Å². The molecule has 0 saturated heterocycles. The van der Waals surface area contributed by atoms with Crippen LogP contribution in [0.25, 0.3) is 0 Å². The van der Waals surface area contributed by atoms with Crippen molar-refractivity contribution < 1.29 is 8.42 Å². The summed E-state index contributed by atoms with van der Waals surface area (Å²) in [5.74, 6) is 1.07. The normalized spacial score (nSPS) is 12.4. The molecule has 1 rings (SSSR count). The van der Waals surface area contributed by atoms with E-state index in [9.17, 15) is 8.42 Å². The van der Waals surface area contributed by atoms with Gasteiger partial charge in [-0.1, -0.05) is 19.1 Å². The summed E-state index contributed by atoms with van der Waals surface area (Å²) in [7, 11) is -3.54. The fourth-order valence-electron chi connectivity index (χ4n) is 1.45. The van der Waals surface area contributed by atoms with Crippen molar-refractivity contribution in [3.8, 4) is 0 Å². The second-order valence-electron chi connectivity index (χ2n) is 3.80. The van der Waals surface area contributed by atoms with Crippen LogP contribution >= 0.6 is 11.6 Å². The van der Waals surface area contributed by atoms with Crippen LogP contribution in [0, 0.1) is 6.92 Å². The van der Waals surface area contributed by atoms with Crippen molar-refractivity contribution in [3.05, 3.63) is 24.2 Å². The summed E-state index contributed by atoms with van der Waals surface area (Å²) in [6.07, 6.45) is 5.85. The summed E-state index contributed by atoms with van der Waals surface area (Å²) in [4.78, 5) is 4.06. The molecular weight excluding hydrogens is 274 g/mol. The molecule has 0 atom stereocenters. The number of imidazole rings is 1. The number of aromatic nitrogens is 2. The van der Waals surface area contributed by atoms with E-state index >= 15 is 0 Å². The molecule has 0 spiro atoms. The van der Waals surface area contributed by atoms with E-state index in [0.29, 0.717) is 11.7 Å². The van der Waals surface area contributed by atoms with Gasteiger partial charge in [-0.2, -0.15) is 0 Å². The largest absolute Gasteiger partial charge is 0.334 e. The standard InChI is InChI=1S/C11H18ClN3O2S/c1-3-8-15-9-11(14-10(15)2)18(16,17)13-7-5-4-6-12/h4-5,9,13H,3,6-8H2,1-2H3/b5-4+. The van der Waals surface area contributed by atoms with E-state index in [1.807, 2.05) is 11.5 Å². The number of aryl methyl sites for hydroxylation is 2. The van der Waals surface area contributed by atoms with Gasteiger partial charge in [0.05, 0.1) is 0 Å². The highest BCUT2D eigenvalue weighted by molar-refractivity contribution is 7.89. The molecule has 0 unspecified atom stereocenters. The van der Waals surface area contributed by atoms with Crippen molar-refractivity contribution in [3.63, 3.8) is 0 Å². The van der Waals surface area contributed by atoms with Gasteiger partial charge in [-0.05, 0) is 13.3 Å². The lowest BCUT2D eigenvalue weighted by Crippen LogP contribution is -2.24. The predicted molar refractivity (Wildman–Crippen MR) is 72.3 cm³/mol. The number of hydrogen-bond acceptors (Lipinski definition) is 3. The Morgan fingerprint density at radius 3 is 2.83 bits per heavy atom. The molecule has 1 aromatic rings. The molecule has 102 valence electrons. The number of alkyl halides is 1. The fourth-order valence-corrected chi connectivity index (χ4v) is 2.56. The minimum atomic E-state index is -3.54. The van der Waals surface area contributed by atoms with Crippen molar-refractivity contribution >= 4 is 21.6 Å². The van der Waals surface area contributed by atoms with Gasteiger partial charge < -0.3 is 4.57 Å². The van der Waals surface area contributed by atoms with E-state index in [2.05, 4.69) is 9.71 Å². The van der Waals surface area contributed by atoms with Gasteiger partial charge in [0, 0.05) is 25.2 Å². The first kappa shape index (κ1) is 15.2. The van der Waals surface area contributed by atoms with Crippen LogP contribution in [0.2, 0.25) is 0 Å². The minimum Gasteiger partial charge on any atom is -0.334 e. The fraction of sp³-hybridized carbons (Fsp3) is 0.545. The zero-order valence-corrected chi connectivity index (χ0v) is 12.1. The zero-order valence-electron chi connectivity index (χ0n) is 10.6. The van der Waals surface area contributed by atoms with Crippen molar-refractivity contribution in [2.45, 2.75) is 31.8 Å². The van der Waals surface area contributed by atoms with Crippen molar-refractivity contribution in [2.24, 2.45) is 0 Å². The quantitative estimate of drug-likeness (QED) is 0.614. The molecule has 1 aromatic heterocycles. The number of hydrogen-bond donors (Lipinski definition) is 1. The van der Waals surface area contributed by atoms with Crippen LogP contribution in [0.3, 0.4) is 0 Å². The first-order valence-electron chi connectivity index (χ1n) is 5.75. The molecule has 0 aliphatic heterocycles. The maximum Gasteiger partial charge on any atom is 0.259 e. The maximum atomic E-state index is 11.9. The Morgan fingerprint density at radius 2 is 2.22 bits per heavy atom. The average Bonchev–Trinajstić information content (AvgIpc) is 2.68. The molecule has 0 fully saturated rings. The number of allylic oxidation sites excluding steroid dienone is 1. The Kier molecular flexibility index (Phi) is 5.84. The zero-order chi connectivity index (χ0) is 13.6. The Hall–Kier alpha value is -0.850. The Labute approximate surface area is 113 Å². The molecule has 0 aliphatic rings. The highest BCUT2D eigenvalue weighted by Gasteiger charge is 2.17. The van der Waals surface area contributed by atoms with Gasteiger partial charge in [0.25, 0.3) is 10.0 Å². The minimum absolute atomic E-state index is 0.0627. The number of nitrogens with zero attached hydrogens (tertiary/aromatic N) is 2. The van der Waals surface area contributed by atoms with Gasteiger partial charge in [0.2, 0.25) is 0 Å². The molecule has 1 heterocycles. The van der Waals surface area contributed by atoms with Gasteiger partial charge in [0.1, 0.15) is 5.82 Å². The van der Waals surface area contributed by atoms with Crippen LogP contribution in [-0.4, -0.2) is 30.4 Å². The van der Waals surface area contributed by atoms with Gasteiger partial charge in [-0.15, -0.1) is 11.6 Å². The Balaban J connectivity index is 2.78. The highest BCUT2D eigenvalue weighted by Crippen LogP contribution is 2.09. The third-order valence-electron chi connectivity index (χ3n) is 2.34. The van der Waals surface area contributed by atoms with E-state index in [1.54, 1.807) is 25.3 Å².